The molecule has 0 aliphatic carbocycles. The molecule has 4 heteroatoms. The molecule has 0 aromatic heterocycles. The molecule has 3 nitrogen and oxygen atoms in total. The Balaban J connectivity index is 1.84. The van der Waals surface area contributed by atoms with Crippen molar-refractivity contribution >= 4 is 11.8 Å². The van der Waals surface area contributed by atoms with Crippen LogP contribution in [0, 0.1) is 5.92 Å². The zero-order chi connectivity index (χ0) is 15.3. The van der Waals surface area contributed by atoms with Crippen LogP contribution in [0.5, 0.6) is 11.5 Å². The van der Waals surface area contributed by atoms with E-state index in [1.54, 1.807) is 0 Å². The van der Waals surface area contributed by atoms with Gasteiger partial charge in [-0.1, -0.05) is 6.92 Å². The van der Waals surface area contributed by atoms with E-state index in [4.69, 9.17) is 9.47 Å². The minimum Gasteiger partial charge on any atom is -0.490 e. The van der Waals surface area contributed by atoms with Crippen LogP contribution in [0.15, 0.2) is 23.1 Å². The van der Waals surface area contributed by atoms with Gasteiger partial charge in [-0.05, 0) is 51.4 Å². The summed E-state index contributed by atoms with van der Waals surface area (Å²) in [6.07, 6.45) is 0.951. The van der Waals surface area contributed by atoms with Crippen molar-refractivity contribution < 1.29 is 9.47 Å². The van der Waals surface area contributed by atoms with Gasteiger partial charge in [-0.15, -0.1) is 11.8 Å². The molecule has 1 unspecified atom stereocenters. The van der Waals surface area contributed by atoms with Crippen LogP contribution >= 0.6 is 11.8 Å². The summed E-state index contributed by atoms with van der Waals surface area (Å²) in [5, 5.41) is 3.56. The van der Waals surface area contributed by atoms with Gasteiger partial charge in [-0.25, -0.2) is 0 Å². The maximum atomic E-state index is 5.74. The van der Waals surface area contributed by atoms with Crippen molar-refractivity contribution in [2.75, 3.05) is 25.5 Å². The largest absolute Gasteiger partial charge is 0.490 e. The molecular formula is C17H27NO2S. The molecule has 0 amide bonds. The summed E-state index contributed by atoms with van der Waals surface area (Å²) in [5.74, 6) is 3.49. The Morgan fingerprint density at radius 2 is 1.90 bits per heavy atom. The van der Waals surface area contributed by atoms with Gasteiger partial charge < -0.3 is 14.8 Å². The van der Waals surface area contributed by atoms with E-state index >= 15 is 0 Å². The molecule has 21 heavy (non-hydrogen) atoms. The number of fused-ring (bicyclic) bond motifs is 1. The fraction of sp³-hybridized carbons (Fsp3) is 0.647. The maximum absolute atomic E-state index is 5.74. The summed E-state index contributed by atoms with van der Waals surface area (Å²) < 4.78 is 11.4. The predicted octanol–water partition coefficient (Wildman–Crippen LogP) is 3.96. The van der Waals surface area contributed by atoms with E-state index in [0.717, 1.165) is 43.4 Å². The summed E-state index contributed by atoms with van der Waals surface area (Å²) >= 11 is 1.88. The lowest BCUT2D eigenvalue weighted by atomic mass is 10.1. The Bertz CT molecular complexity index is 457. The van der Waals surface area contributed by atoms with Crippen molar-refractivity contribution in [3.05, 3.63) is 18.2 Å². The highest BCUT2D eigenvalue weighted by atomic mass is 32.2. The fourth-order valence-corrected chi connectivity index (χ4v) is 2.96. The second-order valence-electron chi connectivity index (χ2n) is 6.71. The Hall–Kier alpha value is -0.870. The highest BCUT2D eigenvalue weighted by Crippen LogP contribution is 2.34. The van der Waals surface area contributed by atoms with Crippen molar-refractivity contribution in [3.63, 3.8) is 0 Å². The normalized spacial score (nSPS) is 16.4. The van der Waals surface area contributed by atoms with Crippen LogP contribution in [-0.4, -0.2) is 31.1 Å². The first-order valence-electron chi connectivity index (χ1n) is 7.71. The number of thioether (sulfide) groups is 1. The van der Waals surface area contributed by atoms with E-state index in [2.05, 4.69) is 45.1 Å². The molecule has 1 aromatic rings. The monoisotopic (exact) mass is 309 g/mol. The van der Waals surface area contributed by atoms with Crippen LogP contribution in [0.2, 0.25) is 0 Å². The Morgan fingerprint density at radius 1 is 1.19 bits per heavy atom. The molecule has 1 atom stereocenters. The maximum Gasteiger partial charge on any atom is 0.162 e. The molecular weight excluding hydrogens is 282 g/mol. The van der Waals surface area contributed by atoms with E-state index < -0.39 is 0 Å². The summed E-state index contributed by atoms with van der Waals surface area (Å²) in [6.45, 7) is 11.4. The van der Waals surface area contributed by atoms with Crippen molar-refractivity contribution in [2.45, 2.75) is 44.6 Å². The van der Waals surface area contributed by atoms with Crippen LogP contribution < -0.4 is 14.8 Å². The van der Waals surface area contributed by atoms with Gasteiger partial charge in [0.05, 0.1) is 13.2 Å². The lowest BCUT2D eigenvalue weighted by molar-refractivity contribution is 0.297. The zero-order valence-electron chi connectivity index (χ0n) is 13.6. The van der Waals surface area contributed by atoms with E-state index in [9.17, 15) is 0 Å². The second-order valence-corrected chi connectivity index (χ2v) is 7.80. The quantitative estimate of drug-likeness (QED) is 0.834. The highest BCUT2D eigenvalue weighted by Gasteiger charge is 2.13. The molecule has 2 rings (SSSR count). The average molecular weight is 309 g/mol. The molecule has 118 valence electrons. The molecule has 0 saturated heterocycles. The molecule has 1 heterocycles. The number of hydrogen-bond donors (Lipinski definition) is 1. The summed E-state index contributed by atoms with van der Waals surface area (Å²) in [5.41, 5.74) is 0.189. The first-order valence-corrected chi connectivity index (χ1v) is 8.70. The summed E-state index contributed by atoms with van der Waals surface area (Å²) in [7, 11) is 0. The number of nitrogens with one attached hydrogen (secondary N) is 1. The van der Waals surface area contributed by atoms with Gasteiger partial charge in [0.15, 0.2) is 11.5 Å². The zero-order valence-corrected chi connectivity index (χ0v) is 14.4. The predicted molar refractivity (Wildman–Crippen MR) is 89.7 cm³/mol. The van der Waals surface area contributed by atoms with Crippen molar-refractivity contribution in [1.82, 2.24) is 5.32 Å². The van der Waals surface area contributed by atoms with Gasteiger partial charge >= 0.3 is 0 Å². The highest BCUT2D eigenvalue weighted by molar-refractivity contribution is 7.99. The van der Waals surface area contributed by atoms with Gasteiger partial charge in [0.1, 0.15) is 0 Å². The third-order valence-electron chi connectivity index (χ3n) is 3.23. The van der Waals surface area contributed by atoms with Crippen LogP contribution in [-0.2, 0) is 0 Å². The number of benzene rings is 1. The van der Waals surface area contributed by atoms with Crippen LogP contribution in [0.1, 0.15) is 34.1 Å². The number of ether oxygens (including phenoxy) is 2. The Kier molecular flexibility index (Phi) is 5.82. The molecule has 0 spiro atoms. The number of rotatable bonds is 5. The minimum absolute atomic E-state index is 0.189. The van der Waals surface area contributed by atoms with Crippen molar-refractivity contribution in [1.29, 1.82) is 0 Å². The topological polar surface area (TPSA) is 30.5 Å². The first kappa shape index (κ1) is 16.5. The van der Waals surface area contributed by atoms with Crippen LogP contribution in [0.4, 0.5) is 0 Å². The fourth-order valence-electron chi connectivity index (χ4n) is 2.01. The molecule has 1 aliphatic heterocycles. The molecule has 0 fully saturated rings. The molecule has 1 aliphatic rings. The second kappa shape index (κ2) is 7.41. The van der Waals surface area contributed by atoms with E-state index in [1.807, 2.05) is 17.8 Å². The standard InChI is InChI=1S/C17H27NO2S/c1-13(11-18-17(2,3)4)12-21-14-6-7-15-16(10-14)20-9-5-8-19-15/h6-7,10,13,18H,5,8-9,11-12H2,1-4H3. The van der Waals surface area contributed by atoms with E-state index in [0.29, 0.717) is 5.92 Å². The van der Waals surface area contributed by atoms with Gasteiger partial charge in [-0.2, -0.15) is 0 Å². The Labute approximate surface area is 132 Å². The third kappa shape index (κ3) is 5.79. The molecule has 1 aromatic carbocycles. The molecule has 0 radical (unpaired) electrons. The Morgan fingerprint density at radius 3 is 2.62 bits per heavy atom. The molecule has 1 N–H and O–H groups in total. The van der Waals surface area contributed by atoms with Crippen LogP contribution in [0.3, 0.4) is 0 Å². The molecule has 0 saturated carbocycles. The molecule has 0 bridgehead atoms. The van der Waals surface area contributed by atoms with Gasteiger partial charge in [0.2, 0.25) is 0 Å². The van der Waals surface area contributed by atoms with Gasteiger partial charge in [0, 0.05) is 22.6 Å². The number of hydrogen-bond acceptors (Lipinski definition) is 4. The van der Waals surface area contributed by atoms with Crippen LogP contribution in [0.25, 0.3) is 0 Å². The lowest BCUT2D eigenvalue weighted by Crippen LogP contribution is -2.39. The minimum atomic E-state index is 0.189. The van der Waals surface area contributed by atoms with Crippen molar-refractivity contribution in [2.24, 2.45) is 5.92 Å². The third-order valence-corrected chi connectivity index (χ3v) is 4.56. The first-order chi connectivity index (χ1) is 9.94. The average Bonchev–Trinajstić information content (AvgIpc) is 2.66. The van der Waals surface area contributed by atoms with Gasteiger partial charge in [0.25, 0.3) is 0 Å². The lowest BCUT2D eigenvalue weighted by Gasteiger charge is -2.23. The smallest absolute Gasteiger partial charge is 0.162 e. The summed E-state index contributed by atoms with van der Waals surface area (Å²) in [4.78, 5) is 1.25. The van der Waals surface area contributed by atoms with Crippen molar-refractivity contribution in [3.8, 4) is 11.5 Å². The van der Waals surface area contributed by atoms with Gasteiger partial charge in [-0.3, -0.25) is 0 Å². The van der Waals surface area contributed by atoms with E-state index in [1.165, 1.54) is 4.90 Å². The van der Waals surface area contributed by atoms with E-state index in [-0.39, 0.29) is 5.54 Å². The SMILES string of the molecule is CC(CNC(C)(C)C)CSc1ccc2c(c1)OCCCO2. The summed E-state index contributed by atoms with van der Waals surface area (Å²) in [6, 6.07) is 6.26.